The molecule has 1 aromatic carbocycles. The molecule has 0 amide bonds. The van der Waals surface area contributed by atoms with Crippen LogP contribution in [0.4, 0.5) is 0 Å². The molecule has 1 saturated heterocycles. The quantitative estimate of drug-likeness (QED) is 0.346. The Hall–Kier alpha value is -1.19. The molecule has 1 fully saturated rings. The van der Waals surface area contributed by atoms with Gasteiger partial charge in [-0.25, -0.2) is 4.98 Å². The lowest BCUT2D eigenvalue weighted by Crippen LogP contribution is -2.42. The first-order valence-electron chi connectivity index (χ1n) is 9.75. The van der Waals surface area contributed by atoms with Gasteiger partial charge in [-0.2, -0.15) is 0 Å². The summed E-state index contributed by atoms with van der Waals surface area (Å²) in [6.07, 6.45) is 2.58. The fraction of sp³-hybridized carbons (Fsp3) is 0.524. The Labute approximate surface area is 190 Å². The second-order valence-corrected chi connectivity index (χ2v) is 8.51. The SMILES string of the molecule is CN=C(NCc1sc(C)nc1C)NCC(c1ccc(C)cc1)N1CCCC1.I. The molecule has 0 aliphatic carbocycles. The fourth-order valence-electron chi connectivity index (χ4n) is 3.62. The van der Waals surface area contributed by atoms with Crippen LogP contribution in [0, 0.1) is 20.8 Å². The molecule has 1 aromatic heterocycles. The number of hydrogen-bond acceptors (Lipinski definition) is 4. The standard InChI is InChI=1S/C21H31N5S.HI/c1-15-7-9-18(10-8-15)19(26-11-5-6-12-26)13-23-21(22-4)24-14-20-16(2)25-17(3)27-20;/h7-10,19H,5-6,11-14H2,1-4H3,(H2,22,23,24);1H. The highest BCUT2D eigenvalue weighted by atomic mass is 127. The van der Waals surface area contributed by atoms with E-state index in [0.29, 0.717) is 6.04 Å². The molecule has 3 rings (SSSR count). The maximum Gasteiger partial charge on any atom is 0.191 e. The average molecular weight is 513 g/mol. The van der Waals surface area contributed by atoms with E-state index in [9.17, 15) is 0 Å². The highest BCUT2D eigenvalue weighted by Crippen LogP contribution is 2.25. The summed E-state index contributed by atoms with van der Waals surface area (Å²) in [6, 6.07) is 9.32. The van der Waals surface area contributed by atoms with Gasteiger partial charge in [0.1, 0.15) is 0 Å². The highest BCUT2D eigenvalue weighted by molar-refractivity contribution is 14.0. The van der Waals surface area contributed by atoms with Crippen molar-refractivity contribution in [2.24, 2.45) is 4.99 Å². The summed E-state index contributed by atoms with van der Waals surface area (Å²) in [7, 11) is 1.83. The van der Waals surface area contributed by atoms with Gasteiger partial charge in [-0.05, 0) is 52.3 Å². The normalized spacial score (nSPS) is 15.9. The Balaban J connectivity index is 0.00000280. The second kappa shape index (κ2) is 11.1. The third-order valence-corrected chi connectivity index (χ3v) is 6.22. The summed E-state index contributed by atoms with van der Waals surface area (Å²) in [5.74, 6) is 0.844. The third kappa shape index (κ3) is 6.15. The van der Waals surface area contributed by atoms with Crippen molar-refractivity contribution >= 4 is 41.3 Å². The Morgan fingerprint density at radius 3 is 2.39 bits per heavy atom. The Morgan fingerprint density at radius 1 is 1.14 bits per heavy atom. The number of aryl methyl sites for hydroxylation is 3. The van der Waals surface area contributed by atoms with Crippen molar-refractivity contribution in [3.8, 4) is 0 Å². The van der Waals surface area contributed by atoms with Gasteiger partial charge in [-0.1, -0.05) is 29.8 Å². The summed E-state index contributed by atoms with van der Waals surface area (Å²) in [5, 5.41) is 8.09. The highest BCUT2D eigenvalue weighted by Gasteiger charge is 2.23. The molecule has 7 heteroatoms. The summed E-state index contributed by atoms with van der Waals surface area (Å²) < 4.78 is 0. The van der Waals surface area contributed by atoms with E-state index < -0.39 is 0 Å². The summed E-state index contributed by atoms with van der Waals surface area (Å²) >= 11 is 1.75. The number of rotatable bonds is 6. The lowest BCUT2D eigenvalue weighted by Gasteiger charge is -2.29. The van der Waals surface area contributed by atoms with E-state index >= 15 is 0 Å². The van der Waals surface area contributed by atoms with Crippen molar-refractivity contribution in [1.29, 1.82) is 0 Å². The monoisotopic (exact) mass is 513 g/mol. The zero-order chi connectivity index (χ0) is 19.2. The van der Waals surface area contributed by atoms with Crippen LogP contribution < -0.4 is 10.6 Å². The fourth-order valence-corrected chi connectivity index (χ4v) is 4.49. The number of benzene rings is 1. The minimum atomic E-state index is 0. The van der Waals surface area contributed by atoms with E-state index in [4.69, 9.17) is 0 Å². The van der Waals surface area contributed by atoms with Gasteiger partial charge in [0, 0.05) is 18.5 Å². The largest absolute Gasteiger partial charge is 0.354 e. The van der Waals surface area contributed by atoms with Gasteiger partial charge in [0.15, 0.2) is 5.96 Å². The first-order chi connectivity index (χ1) is 13.1. The molecule has 1 unspecified atom stereocenters. The predicted molar refractivity (Wildman–Crippen MR) is 130 cm³/mol. The molecule has 28 heavy (non-hydrogen) atoms. The van der Waals surface area contributed by atoms with Crippen molar-refractivity contribution in [3.05, 3.63) is 51.0 Å². The van der Waals surface area contributed by atoms with Crippen LogP contribution in [0.2, 0.25) is 0 Å². The van der Waals surface area contributed by atoms with E-state index in [0.717, 1.165) is 29.8 Å². The van der Waals surface area contributed by atoms with Crippen LogP contribution in [0.25, 0.3) is 0 Å². The lowest BCUT2D eigenvalue weighted by molar-refractivity contribution is 0.245. The van der Waals surface area contributed by atoms with Crippen molar-refractivity contribution < 1.29 is 0 Å². The minimum absolute atomic E-state index is 0. The van der Waals surface area contributed by atoms with E-state index in [1.54, 1.807) is 11.3 Å². The number of thiazole rings is 1. The number of hydrogen-bond donors (Lipinski definition) is 2. The molecule has 1 aliphatic heterocycles. The first kappa shape index (κ1) is 23.1. The minimum Gasteiger partial charge on any atom is -0.354 e. The molecule has 1 aliphatic rings. The van der Waals surface area contributed by atoms with Crippen LogP contribution >= 0.6 is 35.3 Å². The predicted octanol–water partition coefficient (Wildman–Crippen LogP) is 4.19. The van der Waals surface area contributed by atoms with Crippen LogP contribution in [-0.2, 0) is 6.54 Å². The molecule has 2 N–H and O–H groups in total. The van der Waals surface area contributed by atoms with Crippen LogP contribution in [0.3, 0.4) is 0 Å². The molecule has 0 saturated carbocycles. The van der Waals surface area contributed by atoms with Crippen molar-refractivity contribution in [2.45, 2.75) is 46.2 Å². The topological polar surface area (TPSA) is 52.6 Å². The number of likely N-dealkylation sites (tertiary alicyclic amines) is 1. The number of guanidine groups is 1. The number of nitrogens with zero attached hydrogens (tertiary/aromatic N) is 3. The maximum atomic E-state index is 4.50. The lowest BCUT2D eigenvalue weighted by atomic mass is 10.0. The molecule has 0 spiro atoms. The van der Waals surface area contributed by atoms with E-state index in [1.807, 2.05) is 7.05 Å². The van der Waals surface area contributed by atoms with Crippen molar-refractivity contribution in [1.82, 2.24) is 20.5 Å². The number of aliphatic imine (C=N–C) groups is 1. The van der Waals surface area contributed by atoms with Gasteiger partial charge in [0.25, 0.3) is 0 Å². The van der Waals surface area contributed by atoms with Crippen molar-refractivity contribution in [2.75, 3.05) is 26.7 Å². The van der Waals surface area contributed by atoms with E-state index in [-0.39, 0.29) is 24.0 Å². The van der Waals surface area contributed by atoms with Gasteiger partial charge >= 0.3 is 0 Å². The number of nitrogens with one attached hydrogen (secondary N) is 2. The Bertz CT molecular complexity index is 766. The van der Waals surface area contributed by atoms with Crippen LogP contribution in [0.1, 0.15) is 45.6 Å². The van der Waals surface area contributed by atoms with Gasteiger partial charge < -0.3 is 10.6 Å². The molecule has 0 bridgehead atoms. The van der Waals surface area contributed by atoms with Crippen LogP contribution in [-0.4, -0.2) is 42.5 Å². The van der Waals surface area contributed by atoms with E-state index in [2.05, 4.69) is 70.5 Å². The first-order valence-corrected chi connectivity index (χ1v) is 10.6. The number of aromatic nitrogens is 1. The van der Waals surface area contributed by atoms with Crippen LogP contribution in [0.5, 0.6) is 0 Å². The van der Waals surface area contributed by atoms with Crippen molar-refractivity contribution in [3.63, 3.8) is 0 Å². The summed E-state index contributed by atoms with van der Waals surface area (Å²) in [6.45, 7) is 10.2. The van der Waals surface area contributed by atoms with E-state index in [1.165, 1.54) is 41.9 Å². The summed E-state index contributed by atoms with van der Waals surface area (Å²) in [4.78, 5) is 12.8. The molecular weight excluding hydrogens is 481 g/mol. The zero-order valence-corrected chi connectivity index (χ0v) is 20.4. The summed E-state index contributed by atoms with van der Waals surface area (Å²) in [5.41, 5.74) is 3.79. The second-order valence-electron chi connectivity index (χ2n) is 7.22. The molecule has 2 aromatic rings. The van der Waals surface area contributed by atoms with Gasteiger partial charge in [-0.3, -0.25) is 9.89 Å². The molecular formula is C21H32IN5S. The molecule has 5 nitrogen and oxygen atoms in total. The Morgan fingerprint density at radius 2 is 1.82 bits per heavy atom. The molecule has 0 radical (unpaired) electrons. The smallest absolute Gasteiger partial charge is 0.191 e. The number of halogens is 1. The third-order valence-electron chi connectivity index (χ3n) is 5.15. The van der Waals surface area contributed by atoms with Gasteiger partial charge in [-0.15, -0.1) is 35.3 Å². The maximum absolute atomic E-state index is 4.50. The molecule has 154 valence electrons. The molecule has 2 heterocycles. The zero-order valence-electron chi connectivity index (χ0n) is 17.3. The molecule has 1 atom stereocenters. The van der Waals surface area contributed by atoms with Gasteiger partial charge in [0.05, 0.1) is 23.3 Å². The Kier molecular flexibility index (Phi) is 9.17. The van der Waals surface area contributed by atoms with Gasteiger partial charge in [0.2, 0.25) is 0 Å². The van der Waals surface area contributed by atoms with Crippen LogP contribution in [0.15, 0.2) is 29.3 Å². The average Bonchev–Trinajstić information content (AvgIpc) is 3.29.